The number of nitrogens with one attached hydrogen (secondary N) is 1. The number of anilines is 2. The van der Waals surface area contributed by atoms with Crippen LogP contribution in [0.15, 0.2) is 45.9 Å². The van der Waals surface area contributed by atoms with Crippen molar-refractivity contribution in [1.82, 2.24) is 4.31 Å². The third-order valence-electron chi connectivity index (χ3n) is 4.12. The van der Waals surface area contributed by atoms with Crippen LogP contribution in [0, 0.1) is 0 Å². The summed E-state index contributed by atoms with van der Waals surface area (Å²) in [6, 6.07) is 7.46. The van der Waals surface area contributed by atoms with Gasteiger partial charge in [-0.25, -0.2) is 13.2 Å². The van der Waals surface area contributed by atoms with Crippen molar-refractivity contribution in [3.63, 3.8) is 0 Å². The number of carbonyl (C=O) groups excluding carboxylic acids is 2. The van der Waals surface area contributed by atoms with Crippen molar-refractivity contribution in [2.75, 3.05) is 44.0 Å². The first-order valence-electron chi connectivity index (χ1n) is 9.02. The van der Waals surface area contributed by atoms with Gasteiger partial charge in [0.15, 0.2) is 6.61 Å². The van der Waals surface area contributed by atoms with E-state index in [0.29, 0.717) is 24.5 Å². The van der Waals surface area contributed by atoms with E-state index < -0.39 is 28.5 Å². The van der Waals surface area contributed by atoms with Gasteiger partial charge in [0.05, 0.1) is 22.5 Å². The minimum Gasteiger partial charge on any atom is -0.457 e. The minimum absolute atomic E-state index is 0.0147. The first-order chi connectivity index (χ1) is 13.7. The molecule has 1 aromatic heterocycles. The van der Waals surface area contributed by atoms with E-state index in [9.17, 15) is 18.0 Å². The molecule has 1 N–H and O–H groups in total. The van der Waals surface area contributed by atoms with E-state index in [1.165, 1.54) is 34.8 Å². The van der Waals surface area contributed by atoms with Gasteiger partial charge in [-0.15, -0.1) is 0 Å². The number of benzene rings is 1. The second-order valence-electron chi connectivity index (χ2n) is 6.26. The monoisotopic (exact) mass is 423 g/mol. The second-order valence-corrected chi connectivity index (χ2v) is 8.20. The van der Waals surface area contributed by atoms with Gasteiger partial charge in [-0.2, -0.15) is 4.31 Å². The molecule has 0 unspecified atom stereocenters. The zero-order chi connectivity index (χ0) is 21.6. The number of amides is 1. The number of nitrogens with zero attached hydrogens (tertiary/aromatic N) is 2. The molecule has 0 spiro atoms. The Morgan fingerprint density at radius 1 is 1.14 bits per heavy atom. The largest absolute Gasteiger partial charge is 0.457 e. The molecular weight excluding hydrogens is 398 g/mol. The summed E-state index contributed by atoms with van der Waals surface area (Å²) in [6.07, 6.45) is 1.32. The summed E-state index contributed by atoms with van der Waals surface area (Å²) < 4.78 is 36.7. The van der Waals surface area contributed by atoms with Gasteiger partial charge in [-0.3, -0.25) is 4.79 Å². The van der Waals surface area contributed by atoms with Crippen molar-refractivity contribution >= 4 is 33.3 Å². The minimum atomic E-state index is -3.69. The molecule has 0 bridgehead atoms. The molecule has 0 saturated heterocycles. The smallest absolute Gasteiger partial charge is 0.374 e. The van der Waals surface area contributed by atoms with E-state index in [0.717, 1.165) is 0 Å². The van der Waals surface area contributed by atoms with Gasteiger partial charge in [0.2, 0.25) is 15.8 Å². The topological polar surface area (TPSA) is 109 Å². The van der Waals surface area contributed by atoms with Crippen molar-refractivity contribution in [3.8, 4) is 0 Å². The molecule has 1 aromatic carbocycles. The Balaban J connectivity index is 2.21. The third kappa shape index (κ3) is 5.36. The molecule has 1 heterocycles. The van der Waals surface area contributed by atoms with Crippen LogP contribution in [0.2, 0.25) is 0 Å². The maximum absolute atomic E-state index is 12.8. The Morgan fingerprint density at radius 3 is 2.38 bits per heavy atom. The predicted octanol–water partition coefficient (Wildman–Crippen LogP) is 2.17. The lowest BCUT2D eigenvalue weighted by Gasteiger charge is -2.22. The third-order valence-corrected chi connectivity index (χ3v) is 6.17. The summed E-state index contributed by atoms with van der Waals surface area (Å²) in [5, 5.41) is 2.61. The van der Waals surface area contributed by atoms with Crippen molar-refractivity contribution < 1.29 is 27.2 Å². The van der Waals surface area contributed by atoms with Crippen LogP contribution in [0.1, 0.15) is 24.4 Å². The predicted molar refractivity (Wildman–Crippen MR) is 108 cm³/mol. The normalized spacial score (nSPS) is 11.3. The molecule has 158 valence electrons. The lowest BCUT2D eigenvalue weighted by molar-refractivity contribution is -0.119. The molecule has 2 aromatic rings. The number of hydrogen-bond donors (Lipinski definition) is 1. The Hall–Kier alpha value is -2.85. The Bertz CT molecular complexity index is 950. The van der Waals surface area contributed by atoms with Gasteiger partial charge in [-0.05, 0) is 30.3 Å². The molecule has 2 rings (SSSR count). The highest BCUT2D eigenvalue weighted by Gasteiger charge is 2.23. The van der Waals surface area contributed by atoms with Gasteiger partial charge < -0.3 is 19.4 Å². The molecule has 1 amide bonds. The van der Waals surface area contributed by atoms with Crippen molar-refractivity contribution in [2.24, 2.45) is 0 Å². The summed E-state index contributed by atoms with van der Waals surface area (Å²) in [7, 11) is -0.163. The fourth-order valence-electron chi connectivity index (χ4n) is 2.66. The average molecular weight is 423 g/mol. The summed E-state index contributed by atoms with van der Waals surface area (Å²) in [6.45, 7) is 3.63. The van der Waals surface area contributed by atoms with Crippen LogP contribution >= 0.6 is 0 Å². The van der Waals surface area contributed by atoms with Crippen molar-refractivity contribution in [3.05, 3.63) is 42.4 Å². The van der Waals surface area contributed by atoms with E-state index in [-0.39, 0.29) is 10.7 Å². The molecule has 0 saturated carbocycles. The first kappa shape index (κ1) is 22.4. The van der Waals surface area contributed by atoms with Gasteiger partial charge in [0.1, 0.15) is 0 Å². The average Bonchev–Trinajstić information content (AvgIpc) is 3.21. The molecule has 0 fully saturated rings. The maximum atomic E-state index is 12.8. The molecule has 10 heteroatoms. The van der Waals surface area contributed by atoms with Crippen LogP contribution in [0.3, 0.4) is 0 Å². The van der Waals surface area contributed by atoms with Crippen LogP contribution in [-0.4, -0.2) is 58.4 Å². The zero-order valence-corrected chi connectivity index (χ0v) is 17.7. The highest BCUT2D eigenvalue weighted by molar-refractivity contribution is 7.89. The molecule has 0 aliphatic rings. The van der Waals surface area contributed by atoms with Gasteiger partial charge in [0.25, 0.3) is 5.91 Å². The fourth-order valence-corrected chi connectivity index (χ4v) is 4.15. The number of sulfonamides is 1. The van der Waals surface area contributed by atoms with Gasteiger partial charge >= 0.3 is 5.97 Å². The van der Waals surface area contributed by atoms with E-state index in [4.69, 9.17) is 9.15 Å². The standard InChI is InChI=1S/C19H25N3O6S/c1-5-22(6-2)29(25,26)14-9-10-16(21(3)4)15(12-14)20-18(23)13-28-19(24)17-8-7-11-27-17/h7-12H,5-6,13H2,1-4H3,(H,20,23). The SMILES string of the molecule is CCN(CC)S(=O)(=O)c1ccc(N(C)C)c(NC(=O)COC(=O)c2ccco2)c1. The number of furan rings is 1. The summed E-state index contributed by atoms with van der Waals surface area (Å²) in [4.78, 5) is 25.8. The number of rotatable bonds is 9. The van der Waals surface area contributed by atoms with E-state index in [1.807, 2.05) is 0 Å². The van der Waals surface area contributed by atoms with E-state index in [1.54, 1.807) is 38.9 Å². The number of carbonyl (C=O) groups is 2. The molecule has 0 aliphatic heterocycles. The van der Waals surface area contributed by atoms with Crippen LogP contribution < -0.4 is 10.2 Å². The molecule has 29 heavy (non-hydrogen) atoms. The number of hydrogen-bond acceptors (Lipinski definition) is 7. The second kappa shape index (κ2) is 9.57. The molecule has 0 aliphatic carbocycles. The Kier molecular flexibility index (Phi) is 7.40. The zero-order valence-electron chi connectivity index (χ0n) is 16.8. The summed E-state index contributed by atoms with van der Waals surface area (Å²) >= 11 is 0. The van der Waals surface area contributed by atoms with Gasteiger partial charge in [0, 0.05) is 27.2 Å². The molecule has 0 atom stereocenters. The highest BCUT2D eigenvalue weighted by atomic mass is 32.2. The maximum Gasteiger partial charge on any atom is 0.374 e. The van der Waals surface area contributed by atoms with E-state index in [2.05, 4.69) is 5.32 Å². The molecule has 9 nitrogen and oxygen atoms in total. The highest BCUT2D eigenvalue weighted by Crippen LogP contribution is 2.29. The number of esters is 1. The molecular formula is C19H25N3O6S. The Labute approximate surface area is 170 Å². The van der Waals surface area contributed by atoms with Crippen molar-refractivity contribution in [1.29, 1.82) is 0 Å². The first-order valence-corrected chi connectivity index (χ1v) is 10.5. The quantitative estimate of drug-likeness (QED) is 0.616. The van der Waals surface area contributed by atoms with Crippen LogP contribution in [-0.2, 0) is 19.6 Å². The number of ether oxygens (including phenoxy) is 1. The Morgan fingerprint density at radius 2 is 1.83 bits per heavy atom. The van der Waals surface area contributed by atoms with Crippen LogP contribution in [0.4, 0.5) is 11.4 Å². The molecule has 0 radical (unpaired) electrons. The van der Waals surface area contributed by atoms with E-state index >= 15 is 0 Å². The summed E-state index contributed by atoms with van der Waals surface area (Å²) in [5.41, 5.74) is 0.900. The lowest BCUT2D eigenvalue weighted by Crippen LogP contribution is -2.31. The van der Waals surface area contributed by atoms with Crippen LogP contribution in [0.25, 0.3) is 0 Å². The summed E-state index contributed by atoms with van der Waals surface area (Å²) in [5.74, 6) is -1.39. The van der Waals surface area contributed by atoms with Gasteiger partial charge in [-0.1, -0.05) is 13.8 Å². The van der Waals surface area contributed by atoms with Crippen LogP contribution in [0.5, 0.6) is 0 Å². The van der Waals surface area contributed by atoms with Crippen molar-refractivity contribution in [2.45, 2.75) is 18.7 Å². The lowest BCUT2D eigenvalue weighted by atomic mass is 10.2. The fraction of sp³-hybridized carbons (Fsp3) is 0.368.